The molecular weight excluding hydrogens is 226 g/mol. The van der Waals surface area contributed by atoms with E-state index in [2.05, 4.69) is 5.32 Å². The van der Waals surface area contributed by atoms with Crippen molar-refractivity contribution < 1.29 is 9.53 Å². The van der Waals surface area contributed by atoms with Gasteiger partial charge in [-0.1, -0.05) is 19.3 Å². The molecule has 0 aromatic carbocycles. The lowest BCUT2D eigenvalue weighted by Crippen LogP contribution is -2.40. The highest BCUT2D eigenvalue weighted by atomic mass is 16.5. The molecule has 1 unspecified atom stereocenters. The second-order valence-corrected chi connectivity index (χ2v) is 6.07. The summed E-state index contributed by atoms with van der Waals surface area (Å²) in [5.41, 5.74) is -0.241. The molecule has 0 bridgehead atoms. The van der Waals surface area contributed by atoms with Crippen LogP contribution in [0.2, 0.25) is 0 Å². The quantitative estimate of drug-likeness (QED) is 0.603. The Hall–Kier alpha value is -0.990. The summed E-state index contributed by atoms with van der Waals surface area (Å²) < 4.78 is 5.80. The van der Waals surface area contributed by atoms with Crippen molar-refractivity contribution in [1.29, 1.82) is 0 Å². The number of aldehydes is 1. The first-order chi connectivity index (χ1) is 8.46. The van der Waals surface area contributed by atoms with E-state index in [1.807, 2.05) is 33.8 Å². The summed E-state index contributed by atoms with van der Waals surface area (Å²) >= 11 is 0. The van der Waals surface area contributed by atoms with Crippen molar-refractivity contribution in [2.24, 2.45) is 5.92 Å². The van der Waals surface area contributed by atoms with Gasteiger partial charge >= 0.3 is 0 Å². The average molecular weight is 253 g/mol. The first-order valence-corrected chi connectivity index (χ1v) is 7.03. The number of allylic oxidation sites excluding steroid dienone is 1. The molecule has 1 aliphatic rings. The minimum absolute atomic E-state index is 0.112. The van der Waals surface area contributed by atoms with Crippen LogP contribution in [0, 0.1) is 5.92 Å². The Labute approximate surface area is 111 Å². The molecule has 104 valence electrons. The SMILES string of the molecule is CC=C(NC(C=O)C1CCCCC1)OC(C)(C)C. The highest BCUT2D eigenvalue weighted by molar-refractivity contribution is 5.58. The number of carbonyl (C=O) groups excluding carboxylic acids is 1. The van der Waals surface area contributed by atoms with Crippen LogP contribution in [0.15, 0.2) is 12.0 Å². The van der Waals surface area contributed by atoms with E-state index in [1.165, 1.54) is 19.3 Å². The van der Waals surface area contributed by atoms with E-state index in [0.717, 1.165) is 19.1 Å². The molecule has 0 amide bonds. The van der Waals surface area contributed by atoms with Crippen molar-refractivity contribution in [1.82, 2.24) is 5.32 Å². The molecule has 3 nitrogen and oxygen atoms in total. The van der Waals surface area contributed by atoms with Crippen molar-refractivity contribution in [2.45, 2.75) is 71.4 Å². The zero-order valence-corrected chi connectivity index (χ0v) is 12.2. The molecule has 1 fully saturated rings. The summed E-state index contributed by atoms with van der Waals surface area (Å²) in [5.74, 6) is 1.17. The smallest absolute Gasteiger partial charge is 0.183 e. The average Bonchev–Trinajstić information content (AvgIpc) is 2.34. The first-order valence-electron chi connectivity index (χ1n) is 7.03. The number of hydrogen-bond donors (Lipinski definition) is 1. The van der Waals surface area contributed by atoms with Crippen LogP contribution in [0.1, 0.15) is 59.8 Å². The van der Waals surface area contributed by atoms with Gasteiger partial charge in [0.1, 0.15) is 11.9 Å². The summed E-state index contributed by atoms with van der Waals surface area (Å²) in [6.45, 7) is 7.95. The zero-order valence-electron chi connectivity index (χ0n) is 12.2. The van der Waals surface area contributed by atoms with Gasteiger partial charge in [-0.2, -0.15) is 0 Å². The second-order valence-electron chi connectivity index (χ2n) is 6.07. The van der Waals surface area contributed by atoms with E-state index < -0.39 is 0 Å². The zero-order chi connectivity index (χ0) is 13.6. The van der Waals surface area contributed by atoms with Crippen LogP contribution < -0.4 is 5.32 Å². The van der Waals surface area contributed by atoms with Gasteiger partial charge in [0.25, 0.3) is 0 Å². The van der Waals surface area contributed by atoms with Crippen LogP contribution >= 0.6 is 0 Å². The van der Waals surface area contributed by atoms with Crippen molar-refractivity contribution in [3.8, 4) is 0 Å². The summed E-state index contributed by atoms with van der Waals surface area (Å²) in [6, 6.07) is -0.112. The summed E-state index contributed by atoms with van der Waals surface area (Å²) in [6.07, 6.45) is 8.99. The van der Waals surface area contributed by atoms with Gasteiger partial charge in [0.05, 0.1) is 6.04 Å². The van der Waals surface area contributed by atoms with Gasteiger partial charge in [0.2, 0.25) is 0 Å². The molecule has 1 saturated carbocycles. The lowest BCUT2D eigenvalue weighted by Gasteiger charge is -2.31. The number of nitrogens with one attached hydrogen (secondary N) is 1. The monoisotopic (exact) mass is 253 g/mol. The third-order valence-electron chi connectivity index (χ3n) is 3.29. The fourth-order valence-corrected chi connectivity index (χ4v) is 2.42. The number of hydrogen-bond acceptors (Lipinski definition) is 3. The maximum Gasteiger partial charge on any atom is 0.183 e. The minimum Gasteiger partial charge on any atom is -0.474 e. The second kappa shape index (κ2) is 6.81. The van der Waals surface area contributed by atoms with Crippen LogP contribution in [0.25, 0.3) is 0 Å². The van der Waals surface area contributed by atoms with Crippen LogP contribution in [-0.2, 0) is 9.53 Å². The topological polar surface area (TPSA) is 38.3 Å². The predicted octanol–water partition coefficient (Wildman–Crippen LogP) is 3.40. The minimum atomic E-state index is -0.241. The Morgan fingerprint density at radius 2 is 1.89 bits per heavy atom. The highest BCUT2D eigenvalue weighted by Crippen LogP contribution is 2.26. The molecule has 0 aromatic heterocycles. The van der Waals surface area contributed by atoms with Gasteiger partial charge < -0.3 is 14.8 Å². The maximum atomic E-state index is 11.3. The number of rotatable bonds is 5. The van der Waals surface area contributed by atoms with Gasteiger partial charge in [-0.3, -0.25) is 0 Å². The number of ether oxygens (including phenoxy) is 1. The molecule has 1 aliphatic carbocycles. The standard InChI is InChI=1S/C15H27NO2/c1-5-14(18-15(2,3)4)16-13(11-17)12-9-7-6-8-10-12/h5,11-13,16H,6-10H2,1-4H3. The molecule has 0 saturated heterocycles. The molecule has 18 heavy (non-hydrogen) atoms. The van der Waals surface area contributed by atoms with Gasteiger partial charge in [0.15, 0.2) is 5.88 Å². The highest BCUT2D eigenvalue weighted by Gasteiger charge is 2.25. The molecule has 1 atom stereocenters. The van der Waals surface area contributed by atoms with Crippen LogP contribution in [0.3, 0.4) is 0 Å². The van der Waals surface area contributed by atoms with E-state index in [-0.39, 0.29) is 11.6 Å². The Morgan fingerprint density at radius 3 is 2.33 bits per heavy atom. The van der Waals surface area contributed by atoms with Crippen LogP contribution in [0.4, 0.5) is 0 Å². The predicted molar refractivity (Wildman–Crippen MR) is 74.2 cm³/mol. The molecule has 0 spiro atoms. The fraction of sp³-hybridized carbons (Fsp3) is 0.800. The Bertz CT molecular complexity index is 285. The maximum absolute atomic E-state index is 11.3. The van der Waals surface area contributed by atoms with Crippen molar-refractivity contribution in [3.05, 3.63) is 12.0 Å². The first kappa shape index (κ1) is 15.1. The number of carbonyl (C=O) groups is 1. The molecule has 1 rings (SSSR count). The van der Waals surface area contributed by atoms with Crippen LogP contribution in [-0.4, -0.2) is 17.9 Å². The molecule has 0 aliphatic heterocycles. The van der Waals surface area contributed by atoms with E-state index in [0.29, 0.717) is 11.8 Å². The van der Waals surface area contributed by atoms with Gasteiger partial charge in [-0.05, 0) is 52.5 Å². The lowest BCUT2D eigenvalue weighted by atomic mass is 9.84. The third kappa shape index (κ3) is 5.11. The Balaban J connectivity index is 2.57. The van der Waals surface area contributed by atoms with Gasteiger partial charge in [-0.25, -0.2) is 0 Å². The molecule has 3 heteroatoms. The van der Waals surface area contributed by atoms with Crippen LogP contribution in [0.5, 0.6) is 0 Å². The van der Waals surface area contributed by atoms with E-state index in [1.54, 1.807) is 0 Å². The normalized spacial score (nSPS) is 20.3. The molecule has 0 aromatic rings. The van der Waals surface area contributed by atoms with E-state index >= 15 is 0 Å². The Kier molecular flexibility index (Phi) is 5.70. The summed E-state index contributed by atoms with van der Waals surface area (Å²) in [5, 5.41) is 3.25. The lowest BCUT2D eigenvalue weighted by molar-refractivity contribution is -0.111. The van der Waals surface area contributed by atoms with E-state index in [9.17, 15) is 4.79 Å². The fourth-order valence-electron chi connectivity index (χ4n) is 2.42. The molecule has 0 heterocycles. The molecule has 0 radical (unpaired) electrons. The van der Waals surface area contributed by atoms with E-state index in [4.69, 9.17) is 4.74 Å². The third-order valence-corrected chi connectivity index (χ3v) is 3.29. The van der Waals surface area contributed by atoms with Crippen molar-refractivity contribution in [2.75, 3.05) is 0 Å². The van der Waals surface area contributed by atoms with Crippen molar-refractivity contribution >= 4 is 6.29 Å². The molecular formula is C15H27NO2. The largest absolute Gasteiger partial charge is 0.474 e. The van der Waals surface area contributed by atoms with Crippen molar-refractivity contribution in [3.63, 3.8) is 0 Å². The van der Waals surface area contributed by atoms with Gasteiger partial charge in [-0.15, -0.1) is 0 Å². The Morgan fingerprint density at radius 1 is 1.28 bits per heavy atom. The molecule has 1 N–H and O–H groups in total. The summed E-state index contributed by atoms with van der Waals surface area (Å²) in [7, 11) is 0. The van der Waals surface area contributed by atoms with Gasteiger partial charge in [0, 0.05) is 0 Å². The summed E-state index contributed by atoms with van der Waals surface area (Å²) in [4.78, 5) is 11.3.